The number of aromatic nitrogens is 2. The fraction of sp³-hybridized carbons (Fsp3) is 0.700. The predicted molar refractivity (Wildman–Crippen MR) is 53.8 cm³/mol. The van der Waals surface area contributed by atoms with Crippen molar-refractivity contribution >= 4 is 0 Å². The maximum absolute atomic E-state index is 9.11. The standard InChI is InChI=1S/C10H17N3O/c1-7(2)13-4-3-9-8(5-13)10(6-14)12-11-9/h7,14H,3-6H2,1-2H3,(H,11,12). The van der Waals surface area contributed by atoms with Crippen LogP contribution < -0.4 is 0 Å². The summed E-state index contributed by atoms with van der Waals surface area (Å²) in [5.41, 5.74) is 3.21. The van der Waals surface area contributed by atoms with Gasteiger partial charge in [0.05, 0.1) is 12.3 Å². The van der Waals surface area contributed by atoms with E-state index in [0.717, 1.165) is 25.2 Å². The summed E-state index contributed by atoms with van der Waals surface area (Å²) in [5, 5.41) is 16.2. The van der Waals surface area contributed by atoms with Gasteiger partial charge in [0, 0.05) is 36.8 Å². The first kappa shape index (κ1) is 9.68. The van der Waals surface area contributed by atoms with Crippen LogP contribution >= 0.6 is 0 Å². The van der Waals surface area contributed by atoms with E-state index in [9.17, 15) is 0 Å². The molecular weight excluding hydrogens is 178 g/mol. The third-order valence-corrected chi connectivity index (χ3v) is 2.93. The molecule has 4 heteroatoms. The molecule has 0 radical (unpaired) electrons. The van der Waals surface area contributed by atoms with Crippen molar-refractivity contribution in [2.75, 3.05) is 6.54 Å². The van der Waals surface area contributed by atoms with Crippen LogP contribution in [0.1, 0.15) is 30.8 Å². The highest BCUT2D eigenvalue weighted by Crippen LogP contribution is 2.21. The topological polar surface area (TPSA) is 52.2 Å². The second-order valence-electron chi connectivity index (χ2n) is 4.10. The van der Waals surface area contributed by atoms with Crippen molar-refractivity contribution in [3.63, 3.8) is 0 Å². The van der Waals surface area contributed by atoms with E-state index in [2.05, 4.69) is 28.9 Å². The maximum atomic E-state index is 9.11. The van der Waals surface area contributed by atoms with Gasteiger partial charge in [0.1, 0.15) is 0 Å². The van der Waals surface area contributed by atoms with Crippen LogP contribution in [0.4, 0.5) is 0 Å². The van der Waals surface area contributed by atoms with Gasteiger partial charge in [0.2, 0.25) is 0 Å². The zero-order valence-electron chi connectivity index (χ0n) is 8.75. The van der Waals surface area contributed by atoms with Crippen molar-refractivity contribution in [3.8, 4) is 0 Å². The summed E-state index contributed by atoms with van der Waals surface area (Å²) >= 11 is 0. The lowest BCUT2D eigenvalue weighted by Crippen LogP contribution is -2.35. The molecule has 2 N–H and O–H groups in total. The largest absolute Gasteiger partial charge is 0.390 e. The fourth-order valence-corrected chi connectivity index (χ4v) is 1.95. The molecule has 0 saturated heterocycles. The van der Waals surface area contributed by atoms with Gasteiger partial charge in [0.15, 0.2) is 0 Å². The van der Waals surface area contributed by atoms with Crippen molar-refractivity contribution in [2.24, 2.45) is 0 Å². The number of H-pyrrole nitrogens is 1. The molecule has 0 atom stereocenters. The van der Waals surface area contributed by atoms with Gasteiger partial charge in [-0.2, -0.15) is 5.10 Å². The molecular formula is C10H17N3O. The van der Waals surface area contributed by atoms with Crippen LogP contribution in [0.25, 0.3) is 0 Å². The number of nitrogens with one attached hydrogen (secondary N) is 1. The molecule has 2 rings (SSSR count). The molecule has 1 aliphatic heterocycles. The second-order valence-corrected chi connectivity index (χ2v) is 4.10. The summed E-state index contributed by atoms with van der Waals surface area (Å²) in [6.45, 7) is 6.43. The summed E-state index contributed by atoms with van der Waals surface area (Å²) in [6, 6.07) is 0.560. The van der Waals surface area contributed by atoms with E-state index in [1.165, 1.54) is 11.3 Å². The van der Waals surface area contributed by atoms with Crippen LogP contribution in [0.5, 0.6) is 0 Å². The van der Waals surface area contributed by atoms with Crippen LogP contribution in [0.3, 0.4) is 0 Å². The van der Waals surface area contributed by atoms with Crippen LogP contribution in [-0.4, -0.2) is 32.8 Å². The monoisotopic (exact) mass is 195 g/mol. The molecule has 1 aromatic heterocycles. The summed E-state index contributed by atoms with van der Waals surface area (Å²) in [4.78, 5) is 2.40. The van der Waals surface area contributed by atoms with Crippen molar-refractivity contribution in [3.05, 3.63) is 17.0 Å². The van der Waals surface area contributed by atoms with Gasteiger partial charge in [-0.3, -0.25) is 10.00 Å². The van der Waals surface area contributed by atoms with Crippen molar-refractivity contribution in [2.45, 2.75) is 39.5 Å². The molecule has 4 nitrogen and oxygen atoms in total. The van der Waals surface area contributed by atoms with E-state index in [1.807, 2.05) is 0 Å². The number of hydrogen-bond acceptors (Lipinski definition) is 3. The number of nitrogens with zero attached hydrogens (tertiary/aromatic N) is 2. The Kier molecular flexibility index (Phi) is 2.56. The fourth-order valence-electron chi connectivity index (χ4n) is 1.95. The van der Waals surface area contributed by atoms with Gasteiger partial charge in [-0.25, -0.2) is 0 Å². The van der Waals surface area contributed by atoms with Crippen LogP contribution in [0.15, 0.2) is 0 Å². The molecule has 78 valence electrons. The Bertz CT molecular complexity index is 306. The number of fused-ring (bicyclic) bond motifs is 1. The molecule has 0 amide bonds. The van der Waals surface area contributed by atoms with Gasteiger partial charge in [-0.1, -0.05) is 0 Å². The Morgan fingerprint density at radius 2 is 2.36 bits per heavy atom. The van der Waals surface area contributed by atoms with Crippen molar-refractivity contribution in [1.82, 2.24) is 15.1 Å². The van der Waals surface area contributed by atoms with Gasteiger partial charge < -0.3 is 5.11 Å². The zero-order chi connectivity index (χ0) is 10.1. The summed E-state index contributed by atoms with van der Waals surface area (Å²) in [6.07, 6.45) is 1.01. The quantitative estimate of drug-likeness (QED) is 0.729. The van der Waals surface area contributed by atoms with E-state index in [1.54, 1.807) is 0 Å². The first-order valence-corrected chi connectivity index (χ1v) is 5.12. The summed E-state index contributed by atoms with van der Waals surface area (Å²) in [5.74, 6) is 0. The average molecular weight is 195 g/mol. The Morgan fingerprint density at radius 3 is 3.00 bits per heavy atom. The molecule has 0 aliphatic carbocycles. The molecule has 0 bridgehead atoms. The highest BCUT2D eigenvalue weighted by Gasteiger charge is 2.22. The van der Waals surface area contributed by atoms with E-state index in [4.69, 9.17) is 5.11 Å². The normalized spacial score (nSPS) is 17.4. The van der Waals surface area contributed by atoms with E-state index < -0.39 is 0 Å². The van der Waals surface area contributed by atoms with Crippen LogP contribution in [-0.2, 0) is 19.6 Å². The predicted octanol–water partition coefficient (Wildman–Crippen LogP) is 0.669. The van der Waals surface area contributed by atoms with E-state index in [0.29, 0.717) is 6.04 Å². The molecule has 0 fully saturated rings. The maximum Gasteiger partial charge on any atom is 0.0924 e. The Morgan fingerprint density at radius 1 is 1.57 bits per heavy atom. The number of aliphatic hydroxyl groups excluding tert-OH is 1. The highest BCUT2D eigenvalue weighted by molar-refractivity contribution is 5.27. The number of rotatable bonds is 2. The minimum atomic E-state index is 0.0395. The SMILES string of the molecule is CC(C)N1CCc2[nH]nc(CO)c2C1. The van der Waals surface area contributed by atoms with Crippen molar-refractivity contribution < 1.29 is 5.11 Å². The van der Waals surface area contributed by atoms with Gasteiger partial charge in [-0.15, -0.1) is 0 Å². The zero-order valence-corrected chi connectivity index (χ0v) is 8.75. The number of aromatic amines is 1. The summed E-state index contributed by atoms with van der Waals surface area (Å²) in [7, 11) is 0. The lowest BCUT2D eigenvalue weighted by atomic mass is 10.0. The lowest BCUT2D eigenvalue weighted by molar-refractivity contribution is 0.199. The van der Waals surface area contributed by atoms with Crippen molar-refractivity contribution in [1.29, 1.82) is 0 Å². The molecule has 1 aliphatic rings. The second kappa shape index (κ2) is 3.71. The Hall–Kier alpha value is -0.870. The van der Waals surface area contributed by atoms with E-state index >= 15 is 0 Å². The molecule has 0 unspecified atom stereocenters. The summed E-state index contributed by atoms with van der Waals surface area (Å²) < 4.78 is 0. The third-order valence-electron chi connectivity index (χ3n) is 2.93. The minimum absolute atomic E-state index is 0.0395. The Labute approximate surface area is 83.9 Å². The molecule has 14 heavy (non-hydrogen) atoms. The lowest BCUT2D eigenvalue weighted by Gasteiger charge is -2.30. The smallest absolute Gasteiger partial charge is 0.0924 e. The van der Waals surface area contributed by atoms with Gasteiger partial charge in [0.25, 0.3) is 0 Å². The molecule has 2 heterocycles. The molecule has 0 aromatic carbocycles. The van der Waals surface area contributed by atoms with Crippen LogP contribution in [0, 0.1) is 0 Å². The van der Waals surface area contributed by atoms with Gasteiger partial charge in [-0.05, 0) is 13.8 Å². The average Bonchev–Trinajstić information content (AvgIpc) is 2.59. The minimum Gasteiger partial charge on any atom is -0.390 e. The molecule has 1 aromatic rings. The van der Waals surface area contributed by atoms with Gasteiger partial charge >= 0.3 is 0 Å². The molecule has 0 saturated carbocycles. The Balaban J connectivity index is 2.23. The molecule has 0 spiro atoms. The number of hydrogen-bond donors (Lipinski definition) is 2. The van der Waals surface area contributed by atoms with E-state index in [-0.39, 0.29) is 6.61 Å². The highest BCUT2D eigenvalue weighted by atomic mass is 16.3. The van der Waals surface area contributed by atoms with Crippen LogP contribution in [0.2, 0.25) is 0 Å². The first-order chi connectivity index (χ1) is 6.72. The first-order valence-electron chi connectivity index (χ1n) is 5.12. The number of aliphatic hydroxyl groups is 1. The third kappa shape index (κ3) is 1.55.